The quantitative estimate of drug-likeness (QED) is 0.790. The van der Waals surface area contributed by atoms with Gasteiger partial charge in [-0.1, -0.05) is 19.2 Å². The minimum Gasteiger partial charge on any atom is -0.444 e. The molecule has 0 aromatic carbocycles. The van der Waals surface area contributed by atoms with Crippen molar-refractivity contribution in [3.8, 4) is 0 Å². The second kappa shape index (κ2) is 8.56. The molecule has 5 heteroatoms. The van der Waals surface area contributed by atoms with Crippen LogP contribution in [0, 0.1) is 5.92 Å². The third-order valence-electron chi connectivity index (χ3n) is 3.45. The number of likely N-dealkylation sites (tertiary alicyclic amines) is 1. The molecule has 1 N–H and O–H groups in total. The first-order valence-electron chi connectivity index (χ1n) is 7.98. The fraction of sp³-hybridized carbons (Fsp3) is 0.556. The molecule has 23 heavy (non-hydrogen) atoms. The molecule has 1 rings (SSSR count). The van der Waals surface area contributed by atoms with Gasteiger partial charge in [-0.25, -0.2) is 4.79 Å². The molecule has 0 aliphatic carbocycles. The van der Waals surface area contributed by atoms with E-state index in [4.69, 9.17) is 4.74 Å². The zero-order chi connectivity index (χ0) is 17.5. The Morgan fingerprint density at radius 3 is 2.61 bits per heavy atom. The summed E-state index contributed by atoms with van der Waals surface area (Å²) < 4.78 is 5.40. The molecular formula is C18H28N2O3. The van der Waals surface area contributed by atoms with Crippen LogP contribution in [-0.2, 0) is 9.53 Å². The van der Waals surface area contributed by atoms with Crippen molar-refractivity contribution in [2.75, 3.05) is 13.1 Å². The van der Waals surface area contributed by atoms with Gasteiger partial charge in [0.15, 0.2) is 0 Å². The highest BCUT2D eigenvalue weighted by atomic mass is 16.6. The minimum atomic E-state index is -0.504. The molecule has 1 atom stereocenters. The second-order valence-electron chi connectivity index (χ2n) is 6.75. The van der Waals surface area contributed by atoms with E-state index in [2.05, 4.69) is 18.5 Å². The van der Waals surface area contributed by atoms with Crippen LogP contribution in [0.2, 0.25) is 0 Å². The van der Waals surface area contributed by atoms with E-state index in [0.717, 1.165) is 12.8 Å². The van der Waals surface area contributed by atoms with Gasteiger partial charge in [0, 0.05) is 25.2 Å². The lowest BCUT2D eigenvalue weighted by Crippen LogP contribution is -2.43. The molecule has 0 radical (unpaired) electrons. The van der Waals surface area contributed by atoms with Gasteiger partial charge in [0.2, 0.25) is 5.91 Å². The number of nitrogens with zero attached hydrogens (tertiary/aromatic N) is 1. The normalized spacial score (nSPS) is 19.0. The van der Waals surface area contributed by atoms with Crippen LogP contribution in [0.4, 0.5) is 4.79 Å². The van der Waals surface area contributed by atoms with E-state index in [1.54, 1.807) is 23.1 Å². The summed E-state index contributed by atoms with van der Waals surface area (Å²) in [6.45, 7) is 14.0. The minimum absolute atomic E-state index is 0.0750. The first-order chi connectivity index (χ1) is 10.7. The van der Waals surface area contributed by atoms with Gasteiger partial charge in [-0.15, -0.1) is 0 Å². The molecule has 1 saturated heterocycles. The highest BCUT2D eigenvalue weighted by Crippen LogP contribution is 2.21. The molecule has 128 valence electrons. The van der Waals surface area contributed by atoms with Crippen LogP contribution < -0.4 is 5.32 Å². The van der Waals surface area contributed by atoms with Crippen LogP contribution in [0.25, 0.3) is 0 Å². The zero-order valence-corrected chi connectivity index (χ0v) is 14.4. The lowest BCUT2D eigenvalue weighted by molar-refractivity contribution is -0.121. The summed E-state index contributed by atoms with van der Waals surface area (Å²) in [4.78, 5) is 25.9. The molecule has 5 nitrogen and oxygen atoms in total. The van der Waals surface area contributed by atoms with E-state index in [-0.39, 0.29) is 17.9 Å². The molecule has 0 saturated carbocycles. The summed E-state index contributed by atoms with van der Waals surface area (Å²) in [6.07, 6.45) is 6.76. The van der Waals surface area contributed by atoms with Gasteiger partial charge in [-0.3, -0.25) is 4.79 Å². The molecule has 0 aromatic rings. The van der Waals surface area contributed by atoms with Gasteiger partial charge < -0.3 is 15.0 Å². The molecule has 1 aliphatic rings. The van der Waals surface area contributed by atoms with E-state index < -0.39 is 5.60 Å². The number of carbonyl (C=O) groups excluding carboxylic acids is 2. The average Bonchev–Trinajstić information content (AvgIpc) is 2.45. The zero-order valence-electron chi connectivity index (χ0n) is 14.4. The Labute approximate surface area is 139 Å². The second-order valence-corrected chi connectivity index (χ2v) is 6.75. The van der Waals surface area contributed by atoms with E-state index in [0.29, 0.717) is 25.2 Å². The summed E-state index contributed by atoms with van der Waals surface area (Å²) in [5.41, 5.74) is 0.125. The summed E-state index contributed by atoms with van der Waals surface area (Å²) in [5.74, 6) is 0.0695. The Morgan fingerprint density at radius 1 is 1.35 bits per heavy atom. The smallest absolute Gasteiger partial charge is 0.410 e. The number of allylic oxidation sites excluding steroid dienone is 3. The molecule has 1 unspecified atom stereocenters. The molecule has 0 bridgehead atoms. The molecule has 1 fully saturated rings. The Kier molecular flexibility index (Phi) is 7.07. The van der Waals surface area contributed by atoms with Crippen molar-refractivity contribution >= 4 is 12.0 Å². The summed E-state index contributed by atoms with van der Waals surface area (Å²) >= 11 is 0. The topological polar surface area (TPSA) is 58.6 Å². The maximum absolute atomic E-state index is 12.1. The lowest BCUT2D eigenvalue weighted by Gasteiger charge is -2.34. The van der Waals surface area contributed by atoms with Crippen molar-refractivity contribution in [1.82, 2.24) is 10.2 Å². The number of amides is 2. The number of hydrogen-bond acceptors (Lipinski definition) is 3. The van der Waals surface area contributed by atoms with E-state index >= 15 is 0 Å². The van der Waals surface area contributed by atoms with Crippen LogP contribution in [-0.4, -0.2) is 35.6 Å². The van der Waals surface area contributed by atoms with Crippen molar-refractivity contribution in [2.45, 2.75) is 45.6 Å². The van der Waals surface area contributed by atoms with Gasteiger partial charge >= 0.3 is 6.09 Å². The first kappa shape index (κ1) is 19.0. The summed E-state index contributed by atoms with van der Waals surface area (Å²) in [6, 6.07) is 0. The SMILES string of the molecule is C=C/C=C(\C=C)NC(=O)CC1CCCN(C(=O)OC(C)(C)C)C1. The Hall–Kier alpha value is -2.04. The van der Waals surface area contributed by atoms with E-state index in [9.17, 15) is 9.59 Å². The Bertz CT molecular complexity index is 489. The highest BCUT2D eigenvalue weighted by molar-refractivity contribution is 5.78. The lowest BCUT2D eigenvalue weighted by atomic mass is 9.94. The molecule has 2 amide bonds. The number of carbonyl (C=O) groups is 2. The van der Waals surface area contributed by atoms with Crippen molar-refractivity contribution in [3.63, 3.8) is 0 Å². The van der Waals surface area contributed by atoms with Gasteiger partial charge in [-0.2, -0.15) is 0 Å². The molecule has 0 spiro atoms. The Balaban J connectivity index is 2.53. The third-order valence-corrected chi connectivity index (χ3v) is 3.45. The number of nitrogens with one attached hydrogen (secondary N) is 1. The number of ether oxygens (including phenoxy) is 1. The maximum Gasteiger partial charge on any atom is 0.410 e. The van der Waals surface area contributed by atoms with Gasteiger partial charge in [0.25, 0.3) is 0 Å². The number of piperidine rings is 1. The van der Waals surface area contributed by atoms with E-state index in [1.807, 2.05) is 20.8 Å². The van der Waals surface area contributed by atoms with Crippen molar-refractivity contribution < 1.29 is 14.3 Å². The fourth-order valence-electron chi connectivity index (χ4n) is 2.49. The first-order valence-corrected chi connectivity index (χ1v) is 7.98. The van der Waals surface area contributed by atoms with E-state index in [1.165, 1.54) is 0 Å². The van der Waals surface area contributed by atoms with Crippen molar-refractivity contribution in [1.29, 1.82) is 0 Å². The Morgan fingerprint density at radius 2 is 2.04 bits per heavy atom. The van der Waals surface area contributed by atoms with Crippen LogP contribution in [0.3, 0.4) is 0 Å². The van der Waals surface area contributed by atoms with Crippen LogP contribution in [0.15, 0.2) is 37.1 Å². The van der Waals surface area contributed by atoms with Crippen LogP contribution in [0.1, 0.15) is 40.0 Å². The third kappa shape index (κ3) is 7.17. The summed E-state index contributed by atoms with van der Waals surface area (Å²) in [7, 11) is 0. The molecule has 1 heterocycles. The maximum atomic E-state index is 12.1. The van der Waals surface area contributed by atoms with Crippen molar-refractivity contribution in [2.24, 2.45) is 5.92 Å². The predicted octanol–water partition coefficient (Wildman–Crippen LogP) is 3.40. The highest BCUT2D eigenvalue weighted by Gasteiger charge is 2.28. The van der Waals surface area contributed by atoms with Crippen LogP contribution >= 0.6 is 0 Å². The predicted molar refractivity (Wildman–Crippen MR) is 91.8 cm³/mol. The number of hydrogen-bond donors (Lipinski definition) is 1. The number of rotatable bonds is 5. The summed E-state index contributed by atoms with van der Waals surface area (Å²) in [5, 5.41) is 2.80. The molecule has 1 aliphatic heterocycles. The van der Waals surface area contributed by atoms with Crippen molar-refractivity contribution in [3.05, 3.63) is 37.1 Å². The average molecular weight is 320 g/mol. The molecular weight excluding hydrogens is 292 g/mol. The standard InChI is InChI=1S/C18H28N2O3/c1-6-9-15(7-2)19-16(21)12-14-10-8-11-20(13-14)17(22)23-18(3,4)5/h6-7,9,14H,1-2,8,10-13H2,3-5H3,(H,19,21)/b15-9+. The van der Waals surface area contributed by atoms with Crippen LogP contribution in [0.5, 0.6) is 0 Å². The largest absolute Gasteiger partial charge is 0.444 e. The van der Waals surface area contributed by atoms with Gasteiger partial charge in [-0.05, 0) is 51.7 Å². The van der Waals surface area contributed by atoms with Gasteiger partial charge in [0.1, 0.15) is 5.60 Å². The monoisotopic (exact) mass is 320 g/mol. The molecule has 0 aromatic heterocycles. The van der Waals surface area contributed by atoms with Gasteiger partial charge in [0.05, 0.1) is 0 Å². The fourth-order valence-corrected chi connectivity index (χ4v) is 2.49.